The van der Waals surface area contributed by atoms with Gasteiger partial charge in [0, 0.05) is 10.8 Å². The van der Waals surface area contributed by atoms with Crippen LogP contribution in [-0.2, 0) is 9.47 Å². The Labute approximate surface area is 153 Å². The van der Waals surface area contributed by atoms with Crippen molar-refractivity contribution in [2.24, 2.45) is 0 Å². The number of esters is 2. The first-order valence-electron chi connectivity index (χ1n) is 8.28. The van der Waals surface area contributed by atoms with Gasteiger partial charge in [0.1, 0.15) is 5.56 Å². The maximum Gasteiger partial charge on any atom is 0.359 e. The van der Waals surface area contributed by atoms with Crippen molar-refractivity contribution in [2.75, 3.05) is 14.2 Å². The molecule has 0 saturated heterocycles. The summed E-state index contributed by atoms with van der Waals surface area (Å²) in [6.45, 7) is 3.93. The zero-order valence-corrected chi connectivity index (χ0v) is 15.2. The summed E-state index contributed by atoms with van der Waals surface area (Å²) in [6, 6.07) is 7.36. The highest BCUT2D eigenvalue weighted by atomic mass is 16.5. The van der Waals surface area contributed by atoms with Gasteiger partial charge in [-0.2, -0.15) is 9.61 Å². The molecule has 2 aromatic heterocycles. The lowest BCUT2D eigenvalue weighted by molar-refractivity contribution is 0.0553. The summed E-state index contributed by atoms with van der Waals surface area (Å²) >= 11 is 0. The van der Waals surface area contributed by atoms with Crippen LogP contribution in [0.1, 0.15) is 32.0 Å². The smallest absolute Gasteiger partial charge is 0.359 e. The third-order valence-electron chi connectivity index (χ3n) is 4.91. The van der Waals surface area contributed by atoms with Crippen LogP contribution in [0.2, 0.25) is 0 Å². The minimum absolute atomic E-state index is 0.0741. The number of hydrogen-bond donors (Lipinski definition) is 0. The van der Waals surface area contributed by atoms with Crippen molar-refractivity contribution in [3.63, 3.8) is 0 Å². The summed E-state index contributed by atoms with van der Waals surface area (Å²) in [5.41, 5.74) is 1.55. The summed E-state index contributed by atoms with van der Waals surface area (Å²) < 4.78 is 10.7. The molecule has 0 aliphatic carbocycles. The molecule has 0 saturated carbocycles. The highest BCUT2D eigenvalue weighted by Crippen LogP contribution is 2.34. The molecule has 0 radical (unpaired) electrons. The molecule has 4 rings (SSSR count). The van der Waals surface area contributed by atoms with Gasteiger partial charge in [0.2, 0.25) is 0 Å². The first-order valence-corrected chi connectivity index (χ1v) is 8.28. The van der Waals surface area contributed by atoms with E-state index in [0.717, 1.165) is 26.4 Å². The van der Waals surface area contributed by atoms with E-state index < -0.39 is 17.5 Å². The van der Waals surface area contributed by atoms with Crippen LogP contribution in [-0.4, -0.2) is 35.8 Å². The summed E-state index contributed by atoms with van der Waals surface area (Å²) in [6.07, 6.45) is 0. The molecule has 7 heteroatoms. The maximum absolute atomic E-state index is 13.1. The molecular weight excluding hydrogens is 348 g/mol. The molecule has 0 unspecified atom stereocenters. The summed E-state index contributed by atoms with van der Waals surface area (Å²) in [7, 11) is 2.40. The largest absolute Gasteiger partial charge is 0.465 e. The Kier molecular flexibility index (Phi) is 3.62. The summed E-state index contributed by atoms with van der Waals surface area (Å²) in [4.78, 5) is 37.8. The second-order valence-corrected chi connectivity index (χ2v) is 6.38. The fraction of sp³-hybridized carbons (Fsp3) is 0.200. The Morgan fingerprint density at radius 3 is 2.07 bits per heavy atom. The van der Waals surface area contributed by atoms with E-state index in [9.17, 15) is 14.4 Å². The molecular formula is C20H16N2O5. The fourth-order valence-corrected chi connectivity index (χ4v) is 3.71. The number of pyridine rings is 1. The zero-order valence-electron chi connectivity index (χ0n) is 15.2. The fourth-order valence-electron chi connectivity index (χ4n) is 3.71. The Bertz CT molecular complexity index is 1310. The number of aryl methyl sites for hydroxylation is 2. The third-order valence-corrected chi connectivity index (χ3v) is 4.91. The van der Waals surface area contributed by atoms with Crippen molar-refractivity contribution >= 4 is 39.0 Å². The predicted molar refractivity (Wildman–Crippen MR) is 99.8 cm³/mol. The lowest BCUT2D eigenvalue weighted by Gasteiger charge is -2.12. The summed E-state index contributed by atoms with van der Waals surface area (Å²) in [5.74, 6) is -1.57. The van der Waals surface area contributed by atoms with E-state index in [2.05, 4.69) is 5.10 Å². The molecule has 2 aromatic carbocycles. The van der Waals surface area contributed by atoms with Gasteiger partial charge in [-0.05, 0) is 36.4 Å². The van der Waals surface area contributed by atoms with E-state index in [1.807, 2.05) is 32.0 Å². The lowest BCUT2D eigenvalue weighted by Crippen LogP contribution is -2.15. The normalized spacial score (nSPS) is 11.4. The first-order chi connectivity index (χ1) is 12.9. The minimum atomic E-state index is -0.811. The third kappa shape index (κ3) is 2.14. The van der Waals surface area contributed by atoms with Crippen molar-refractivity contribution < 1.29 is 19.1 Å². The van der Waals surface area contributed by atoms with Crippen LogP contribution in [0.3, 0.4) is 0 Å². The summed E-state index contributed by atoms with van der Waals surface area (Å²) in [5, 5.41) is 6.90. The second-order valence-electron chi connectivity index (χ2n) is 6.38. The maximum atomic E-state index is 13.1. The average molecular weight is 364 g/mol. The monoisotopic (exact) mass is 364 g/mol. The van der Waals surface area contributed by atoms with Crippen molar-refractivity contribution in [1.29, 1.82) is 0 Å². The highest BCUT2D eigenvalue weighted by Gasteiger charge is 2.29. The first kappa shape index (κ1) is 17.0. The van der Waals surface area contributed by atoms with Crippen molar-refractivity contribution in [3.8, 4) is 0 Å². The molecule has 0 aliphatic heterocycles. The van der Waals surface area contributed by atoms with Crippen LogP contribution in [0.25, 0.3) is 27.1 Å². The predicted octanol–water partition coefficient (Wildman–Crippen LogP) is 2.63. The van der Waals surface area contributed by atoms with Crippen LogP contribution >= 0.6 is 0 Å². The molecule has 27 heavy (non-hydrogen) atoms. The van der Waals surface area contributed by atoms with Gasteiger partial charge in [0.25, 0.3) is 5.56 Å². The Balaban J connectivity index is 2.37. The van der Waals surface area contributed by atoms with Crippen LogP contribution in [0.15, 0.2) is 29.1 Å². The number of hydrogen-bond acceptors (Lipinski definition) is 6. The number of methoxy groups -OCH3 is 2. The van der Waals surface area contributed by atoms with E-state index in [1.165, 1.54) is 14.2 Å². The lowest BCUT2D eigenvalue weighted by atomic mass is 9.94. The van der Waals surface area contributed by atoms with Crippen LogP contribution in [0.5, 0.6) is 0 Å². The number of aromatic nitrogens is 2. The number of benzene rings is 2. The number of nitrogens with zero attached hydrogens (tertiary/aromatic N) is 2. The molecule has 0 spiro atoms. The van der Waals surface area contributed by atoms with E-state index in [1.54, 1.807) is 6.07 Å². The van der Waals surface area contributed by atoms with Gasteiger partial charge in [-0.1, -0.05) is 18.2 Å². The van der Waals surface area contributed by atoms with E-state index in [-0.39, 0.29) is 16.8 Å². The Hall–Kier alpha value is -3.48. The van der Waals surface area contributed by atoms with Crippen LogP contribution in [0, 0.1) is 13.8 Å². The number of carbonyl (C=O) groups excluding carboxylic acids is 2. The van der Waals surface area contributed by atoms with Crippen LogP contribution < -0.4 is 5.56 Å². The highest BCUT2D eigenvalue weighted by molar-refractivity contribution is 6.21. The van der Waals surface area contributed by atoms with Gasteiger partial charge in [-0.3, -0.25) is 4.79 Å². The molecule has 2 heterocycles. The van der Waals surface area contributed by atoms with Crippen molar-refractivity contribution in [3.05, 3.63) is 57.0 Å². The average Bonchev–Trinajstić information content (AvgIpc) is 3.07. The van der Waals surface area contributed by atoms with E-state index in [4.69, 9.17) is 9.47 Å². The van der Waals surface area contributed by atoms with Gasteiger partial charge in [0.15, 0.2) is 5.69 Å². The molecule has 0 aliphatic rings. The van der Waals surface area contributed by atoms with Gasteiger partial charge >= 0.3 is 11.9 Å². The molecule has 0 N–H and O–H groups in total. The molecule has 0 atom stereocenters. The van der Waals surface area contributed by atoms with Crippen molar-refractivity contribution in [1.82, 2.24) is 9.61 Å². The Morgan fingerprint density at radius 1 is 0.889 bits per heavy atom. The number of carbonyl (C=O) groups is 2. The van der Waals surface area contributed by atoms with Gasteiger partial charge in [-0.25, -0.2) is 9.59 Å². The molecule has 0 bridgehead atoms. The standard InChI is InChI=1S/C20H16N2O5/c1-9-5-7-11-14-12(8-6-10(2)13(9)14)18(23)22-17(11)15(19(24)26-3)16(21-22)20(25)27-4/h5-8H,1-4H3. The van der Waals surface area contributed by atoms with Gasteiger partial charge < -0.3 is 9.47 Å². The second kappa shape index (κ2) is 5.77. The van der Waals surface area contributed by atoms with E-state index in [0.29, 0.717) is 10.8 Å². The minimum Gasteiger partial charge on any atom is -0.465 e. The molecule has 7 nitrogen and oxygen atoms in total. The van der Waals surface area contributed by atoms with Crippen LogP contribution in [0.4, 0.5) is 0 Å². The molecule has 4 aromatic rings. The van der Waals surface area contributed by atoms with E-state index >= 15 is 0 Å². The SMILES string of the molecule is COC(=O)c1nn2c(=O)c3ccc(C)c4c(C)ccc(c43)c2c1C(=O)OC. The zero-order chi connectivity index (χ0) is 19.5. The number of ether oxygens (including phenoxy) is 2. The number of fused-ring (bicyclic) bond motifs is 2. The van der Waals surface area contributed by atoms with Crippen molar-refractivity contribution in [2.45, 2.75) is 13.8 Å². The molecule has 0 amide bonds. The van der Waals surface area contributed by atoms with Gasteiger partial charge in [-0.15, -0.1) is 0 Å². The van der Waals surface area contributed by atoms with Gasteiger partial charge in [0.05, 0.1) is 25.1 Å². The quantitative estimate of drug-likeness (QED) is 0.508. The Morgan fingerprint density at radius 2 is 1.48 bits per heavy atom. The number of rotatable bonds is 2. The topological polar surface area (TPSA) is 87.0 Å². The molecule has 136 valence electrons. The molecule has 0 fully saturated rings.